The van der Waals surface area contributed by atoms with Crippen LogP contribution in [0.2, 0.25) is 0 Å². The number of thiophene rings is 1. The first kappa shape index (κ1) is 13.1. The lowest BCUT2D eigenvalue weighted by molar-refractivity contribution is -0.0301. The molecule has 2 bridgehead atoms. The minimum atomic E-state index is 0.0616. The SMILES string of the molecule is Cc1ccc2sc(C(=O)N3CC4CCC(C3)O4)c(N)c2c1. The van der Waals surface area contributed by atoms with Crippen molar-refractivity contribution in [2.75, 3.05) is 18.8 Å². The first-order valence-electron chi connectivity index (χ1n) is 7.35. The van der Waals surface area contributed by atoms with Gasteiger partial charge in [0.25, 0.3) is 5.91 Å². The summed E-state index contributed by atoms with van der Waals surface area (Å²) in [5.41, 5.74) is 8.02. The number of amides is 1. The van der Waals surface area contributed by atoms with E-state index >= 15 is 0 Å². The second kappa shape index (κ2) is 4.71. The lowest BCUT2D eigenvalue weighted by atomic mass is 10.1. The summed E-state index contributed by atoms with van der Waals surface area (Å²) in [7, 11) is 0. The van der Waals surface area contributed by atoms with Gasteiger partial charge in [-0.2, -0.15) is 0 Å². The number of nitrogen functional groups attached to an aromatic ring is 1. The molecular formula is C16H18N2O2S. The molecule has 2 aromatic rings. The highest BCUT2D eigenvalue weighted by Gasteiger charge is 2.36. The Morgan fingerprint density at radius 3 is 2.76 bits per heavy atom. The van der Waals surface area contributed by atoms with E-state index in [-0.39, 0.29) is 18.1 Å². The van der Waals surface area contributed by atoms with Gasteiger partial charge in [0.2, 0.25) is 0 Å². The zero-order valence-electron chi connectivity index (χ0n) is 12.0. The molecule has 0 radical (unpaired) electrons. The van der Waals surface area contributed by atoms with Gasteiger partial charge in [0.1, 0.15) is 4.88 Å². The number of nitrogens with two attached hydrogens (primary N) is 1. The van der Waals surface area contributed by atoms with E-state index < -0.39 is 0 Å². The summed E-state index contributed by atoms with van der Waals surface area (Å²) >= 11 is 1.50. The fourth-order valence-corrected chi connectivity index (χ4v) is 4.38. The molecule has 110 valence electrons. The van der Waals surface area contributed by atoms with Crippen LogP contribution in [0.5, 0.6) is 0 Å². The maximum absolute atomic E-state index is 12.8. The number of fused-ring (bicyclic) bond motifs is 3. The molecule has 2 unspecified atom stereocenters. The highest BCUT2D eigenvalue weighted by Crippen LogP contribution is 2.36. The molecule has 4 nitrogen and oxygen atoms in total. The number of benzene rings is 1. The van der Waals surface area contributed by atoms with Crippen molar-refractivity contribution in [1.82, 2.24) is 4.90 Å². The number of anilines is 1. The van der Waals surface area contributed by atoms with E-state index in [1.165, 1.54) is 11.3 Å². The van der Waals surface area contributed by atoms with E-state index in [1.807, 2.05) is 17.9 Å². The second-order valence-electron chi connectivity index (χ2n) is 6.01. The Morgan fingerprint density at radius 1 is 1.33 bits per heavy atom. The van der Waals surface area contributed by atoms with Crippen molar-refractivity contribution >= 4 is 33.0 Å². The average Bonchev–Trinajstić information content (AvgIpc) is 2.98. The molecule has 1 aromatic heterocycles. The molecule has 2 aliphatic heterocycles. The Balaban J connectivity index is 1.69. The zero-order chi connectivity index (χ0) is 14.6. The Kier molecular flexibility index (Phi) is 2.94. The van der Waals surface area contributed by atoms with Crippen LogP contribution >= 0.6 is 11.3 Å². The van der Waals surface area contributed by atoms with E-state index in [2.05, 4.69) is 12.1 Å². The van der Waals surface area contributed by atoms with Crippen LogP contribution in [0.25, 0.3) is 10.1 Å². The van der Waals surface area contributed by atoms with Crippen molar-refractivity contribution in [1.29, 1.82) is 0 Å². The molecule has 2 N–H and O–H groups in total. The van der Waals surface area contributed by atoms with Crippen LogP contribution in [-0.2, 0) is 4.74 Å². The topological polar surface area (TPSA) is 55.6 Å². The third-order valence-electron chi connectivity index (χ3n) is 4.41. The molecule has 4 rings (SSSR count). The summed E-state index contributed by atoms with van der Waals surface area (Å²) < 4.78 is 6.88. The zero-order valence-corrected chi connectivity index (χ0v) is 12.8. The largest absolute Gasteiger partial charge is 0.397 e. The quantitative estimate of drug-likeness (QED) is 0.881. The minimum Gasteiger partial charge on any atom is -0.397 e. The number of likely N-dealkylation sites (tertiary alicyclic amines) is 1. The van der Waals surface area contributed by atoms with Gasteiger partial charge < -0.3 is 15.4 Å². The summed E-state index contributed by atoms with van der Waals surface area (Å²) in [4.78, 5) is 15.4. The van der Waals surface area contributed by atoms with Crippen molar-refractivity contribution in [2.45, 2.75) is 32.0 Å². The number of nitrogens with zero attached hydrogens (tertiary/aromatic N) is 1. The van der Waals surface area contributed by atoms with E-state index in [1.54, 1.807) is 0 Å². The van der Waals surface area contributed by atoms with Crippen LogP contribution in [0.3, 0.4) is 0 Å². The Bertz CT molecular complexity index is 712. The molecule has 1 aromatic carbocycles. The number of hydrogen-bond donors (Lipinski definition) is 1. The molecule has 2 aliphatic rings. The van der Waals surface area contributed by atoms with Gasteiger partial charge in [-0.25, -0.2) is 0 Å². The standard InChI is InChI=1S/C16H18N2O2S/c1-9-2-5-13-12(6-9)14(17)15(21-13)16(19)18-7-10-3-4-11(8-18)20-10/h2,5-6,10-11H,3-4,7-8,17H2,1H3. The highest BCUT2D eigenvalue weighted by molar-refractivity contribution is 7.21. The molecule has 0 spiro atoms. The lowest BCUT2D eigenvalue weighted by Gasteiger charge is -2.31. The number of hydrogen-bond acceptors (Lipinski definition) is 4. The molecular weight excluding hydrogens is 284 g/mol. The van der Waals surface area contributed by atoms with Gasteiger partial charge in [-0.3, -0.25) is 4.79 Å². The number of carbonyl (C=O) groups excluding carboxylic acids is 1. The molecule has 21 heavy (non-hydrogen) atoms. The van der Waals surface area contributed by atoms with Crippen molar-refractivity contribution in [3.8, 4) is 0 Å². The van der Waals surface area contributed by atoms with Gasteiger partial charge in [-0.1, -0.05) is 11.6 Å². The number of rotatable bonds is 1. The lowest BCUT2D eigenvalue weighted by Crippen LogP contribution is -2.45. The number of ether oxygens (including phenoxy) is 1. The Morgan fingerprint density at radius 2 is 2.05 bits per heavy atom. The third kappa shape index (κ3) is 2.12. The van der Waals surface area contributed by atoms with E-state index in [0.29, 0.717) is 23.7 Å². The van der Waals surface area contributed by atoms with E-state index in [4.69, 9.17) is 10.5 Å². The van der Waals surface area contributed by atoms with Gasteiger partial charge >= 0.3 is 0 Å². The van der Waals surface area contributed by atoms with E-state index in [0.717, 1.165) is 28.5 Å². The smallest absolute Gasteiger partial charge is 0.266 e. The third-order valence-corrected chi connectivity index (χ3v) is 5.58. The van der Waals surface area contributed by atoms with Crippen LogP contribution in [0.4, 0.5) is 5.69 Å². The maximum atomic E-state index is 12.8. The van der Waals surface area contributed by atoms with Crippen molar-refractivity contribution in [3.63, 3.8) is 0 Å². The molecule has 1 amide bonds. The Labute approximate surface area is 127 Å². The van der Waals surface area contributed by atoms with Crippen LogP contribution in [0.1, 0.15) is 28.1 Å². The van der Waals surface area contributed by atoms with Crippen molar-refractivity contribution in [3.05, 3.63) is 28.6 Å². The normalized spacial score (nSPS) is 24.7. The van der Waals surface area contributed by atoms with Crippen LogP contribution < -0.4 is 5.73 Å². The first-order valence-corrected chi connectivity index (χ1v) is 8.17. The summed E-state index contributed by atoms with van der Waals surface area (Å²) in [6.45, 7) is 3.43. The maximum Gasteiger partial charge on any atom is 0.266 e. The molecule has 2 atom stereocenters. The first-order chi connectivity index (χ1) is 10.1. The molecule has 0 saturated carbocycles. The van der Waals surface area contributed by atoms with Gasteiger partial charge in [0.15, 0.2) is 0 Å². The van der Waals surface area contributed by atoms with Gasteiger partial charge in [0.05, 0.1) is 17.9 Å². The average molecular weight is 302 g/mol. The van der Waals surface area contributed by atoms with Gasteiger partial charge in [-0.05, 0) is 31.9 Å². The number of carbonyl (C=O) groups is 1. The minimum absolute atomic E-state index is 0.0616. The van der Waals surface area contributed by atoms with Crippen LogP contribution in [0.15, 0.2) is 18.2 Å². The summed E-state index contributed by atoms with van der Waals surface area (Å²) in [6, 6.07) is 6.16. The monoisotopic (exact) mass is 302 g/mol. The molecule has 2 saturated heterocycles. The number of morpholine rings is 1. The summed E-state index contributed by atoms with van der Waals surface area (Å²) in [6.07, 6.45) is 2.56. The summed E-state index contributed by atoms with van der Waals surface area (Å²) in [5.74, 6) is 0.0616. The van der Waals surface area contributed by atoms with Crippen molar-refractivity contribution < 1.29 is 9.53 Å². The molecule has 5 heteroatoms. The fourth-order valence-electron chi connectivity index (χ4n) is 3.31. The molecule has 0 aliphatic carbocycles. The predicted octanol–water partition coefficient (Wildman–Crippen LogP) is 2.80. The second-order valence-corrected chi connectivity index (χ2v) is 7.06. The Hall–Kier alpha value is -1.59. The van der Waals surface area contributed by atoms with Gasteiger partial charge in [-0.15, -0.1) is 11.3 Å². The van der Waals surface area contributed by atoms with Crippen molar-refractivity contribution in [2.24, 2.45) is 0 Å². The fraction of sp³-hybridized carbons (Fsp3) is 0.438. The summed E-state index contributed by atoms with van der Waals surface area (Å²) in [5, 5.41) is 1.000. The highest BCUT2D eigenvalue weighted by atomic mass is 32.1. The predicted molar refractivity (Wildman–Crippen MR) is 84.8 cm³/mol. The molecule has 2 fully saturated rings. The van der Waals surface area contributed by atoms with Crippen LogP contribution in [-0.4, -0.2) is 36.1 Å². The van der Waals surface area contributed by atoms with E-state index in [9.17, 15) is 4.79 Å². The van der Waals surface area contributed by atoms with Crippen LogP contribution in [0, 0.1) is 6.92 Å². The van der Waals surface area contributed by atoms with Gasteiger partial charge in [0, 0.05) is 23.2 Å². The molecule has 3 heterocycles. The number of aryl methyl sites for hydroxylation is 1.